The minimum atomic E-state index is -0.0422. The number of likely N-dealkylation sites (tertiary alicyclic amines) is 1. The number of morpholine rings is 1. The summed E-state index contributed by atoms with van der Waals surface area (Å²) in [4.78, 5) is 16.4. The lowest BCUT2D eigenvalue weighted by Crippen LogP contribution is -2.54. The molecule has 0 saturated carbocycles. The molecule has 0 aromatic heterocycles. The third-order valence-corrected chi connectivity index (χ3v) is 3.72. The van der Waals surface area contributed by atoms with E-state index in [1.54, 1.807) is 0 Å². The predicted octanol–water partition coefficient (Wildman–Crippen LogP) is -0.343. The van der Waals surface area contributed by atoms with Crippen LogP contribution in [0.25, 0.3) is 0 Å². The molecule has 2 aliphatic rings. The maximum atomic E-state index is 12.3. The molecule has 0 aromatic carbocycles. The highest BCUT2D eigenvalue weighted by molar-refractivity contribution is 5.81. The number of ether oxygens (including phenoxy) is 1. The Kier molecular flexibility index (Phi) is 4.36. The molecule has 2 rings (SSSR count). The first-order chi connectivity index (χ1) is 8.18. The van der Waals surface area contributed by atoms with Crippen molar-refractivity contribution >= 4 is 5.91 Å². The molecule has 0 bridgehead atoms. The SMILES string of the molecule is CC(C(=O)N1CCOCC1)N1CCC[C@@H](N)C1. The summed E-state index contributed by atoms with van der Waals surface area (Å²) >= 11 is 0. The van der Waals surface area contributed by atoms with Crippen LogP contribution in [0.3, 0.4) is 0 Å². The van der Waals surface area contributed by atoms with E-state index in [4.69, 9.17) is 10.5 Å². The average Bonchev–Trinajstić information content (AvgIpc) is 2.38. The van der Waals surface area contributed by atoms with Gasteiger partial charge in [-0.3, -0.25) is 9.69 Å². The molecular formula is C12H23N3O2. The van der Waals surface area contributed by atoms with E-state index in [0.29, 0.717) is 13.2 Å². The lowest BCUT2D eigenvalue weighted by Gasteiger charge is -2.37. The van der Waals surface area contributed by atoms with Crippen molar-refractivity contribution in [1.29, 1.82) is 0 Å². The fourth-order valence-corrected chi connectivity index (χ4v) is 2.60. The van der Waals surface area contributed by atoms with Crippen molar-refractivity contribution in [3.05, 3.63) is 0 Å². The Morgan fingerprint density at radius 3 is 2.71 bits per heavy atom. The minimum absolute atomic E-state index is 0.0422. The van der Waals surface area contributed by atoms with Gasteiger partial charge in [0.1, 0.15) is 0 Å². The monoisotopic (exact) mass is 241 g/mol. The molecular weight excluding hydrogens is 218 g/mol. The van der Waals surface area contributed by atoms with Gasteiger partial charge < -0.3 is 15.4 Å². The summed E-state index contributed by atoms with van der Waals surface area (Å²) in [5.41, 5.74) is 5.95. The third-order valence-electron chi connectivity index (χ3n) is 3.72. The van der Waals surface area contributed by atoms with E-state index < -0.39 is 0 Å². The summed E-state index contributed by atoms with van der Waals surface area (Å²) < 4.78 is 5.26. The van der Waals surface area contributed by atoms with E-state index in [9.17, 15) is 4.79 Å². The summed E-state index contributed by atoms with van der Waals surface area (Å²) in [6, 6.07) is 0.183. The average molecular weight is 241 g/mol. The molecule has 2 fully saturated rings. The molecule has 0 aromatic rings. The Labute approximate surface area is 103 Å². The zero-order valence-corrected chi connectivity index (χ0v) is 10.6. The fraction of sp³-hybridized carbons (Fsp3) is 0.917. The smallest absolute Gasteiger partial charge is 0.239 e. The summed E-state index contributed by atoms with van der Waals surface area (Å²) in [5, 5.41) is 0. The summed E-state index contributed by atoms with van der Waals surface area (Å²) in [5.74, 6) is 0.224. The normalized spacial score (nSPS) is 29.1. The number of nitrogens with two attached hydrogens (primary N) is 1. The van der Waals surface area contributed by atoms with Gasteiger partial charge in [0, 0.05) is 25.7 Å². The van der Waals surface area contributed by atoms with Crippen molar-refractivity contribution < 1.29 is 9.53 Å². The van der Waals surface area contributed by atoms with Gasteiger partial charge in [0.05, 0.1) is 19.3 Å². The molecule has 2 heterocycles. The summed E-state index contributed by atoms with van der Waals surface area (Å²) in [6.45, 7) is 6.61. The molecule has 0 radical (unpaired) electrons. The molecule has 17 heavy (non-hydrogen) atoms. The largest absolute Gasteiger partial charge is 0.378 e. The number of nitrogens with zero attached hydrogens (tertiary/aromatic N) is 2. The summed E-state index contributed by atoms with van der Waals surface area (Å²) in [6.07, 6.45) is 2.18. The van der Waals surface area contributed by atoms with Gasteiger partial charge >= 0.3 is 0 Å². The van der Waals surface area contributed by atoms with E-state index >= 15 is 0 Å². The molecule has 2 atom stereocenters. The standard InChI is InChI=1S/C12H23N3O2/c1-10(15-4-2-3-11(13)9-15)12(16)14-5-7-17-8-6-14/h10-11H,2-9,13H2,1H3/t10?,11-/m1/s1. The Morgan fingerprint density at radius 2 is 2.06 bits per heavy atom. The van der Waals surface area contributed by atoms with Crippen LogP contribution in [0.15, 0.2) is 0 Å². The Balaban J connectivity index is 1.89. The third kappa shape index (κ3) is 3.18. The number of rotatable bonds is 2. The Bertz CT molecular complexity index is 266. The van der Waals surface area contributed by atoms with Crippen LogP contribution in [0.5, 0.6) is 0 Å². The van der Waals surface area contributed by atoms with Crippen LogP contribution in [0.4, 0.5) is 0 Å². The molecule has 2 saturated heterocycles. The number of piperidine rings is 1. The lowest BCUT2D eigenvalue weighted by molar-refractivity contribution is -0.140. The molecule has 2 N–H and O–H groups in total. The van der Waals surface area contributed by atoms with Crippen LogP contribution in [0, 0.1) is 0 Å². The van der Waals surface area contributed by atoms with Crippen LogP contribution in [0.1, 0.15) is 19.8 Å². The van der Waals surface area contributed by atoms with Crippen molar-refractivity contribution in [3.63, 3.8) is 0 Å². The number of hydrogen-bond donors (Lipinski definition) is 1. The Hall–Kier alpha value is -0.650. The van der Waals surface area contributed by atoms with Crippen molar-refractivity contribution in [3.8, 4) is 0 Å². The van der Waals surface area contributed by atoms with Crippen molar-refractivity contribution in [1.82, 2.24) is 9.80 Å². The fourth-order valence-electron chi connectivity index (χ4n) is 2.60. The second-order valence-electron chi connectivity index (χ2n) is 5.01. The van der Waals surface area contributed by atoms with Crippen molar-refractivity contribution in [2.24, 2.45) is 5.73 Å². The zero-order valence-electron chi connectivity index (χ0n) is 10.6. The van der Waals surface area contributed by atoms with Crippen LogP contribution in [0.2, 0.25) is 0 Å². The maximum Gasteiger partial charge on any atom is 0.239 e. The molecule has 0 aliphatic carbocycles. The van der Waals surface area contributed by atoms with E-state index in [1.165, 1.54) is 0 Å². The molecule has 2 aliphatic heterocycles. The van der Waals surface area contributed by atoms with Gasteiger partial charge in [-0.05, 0) is 26.3 Å². The van der Waals surface area contributed by atoms with E-state index in [2.05, 4.69) is 4.90 Å². The van der Waals surface area contributed by atoms with Gasteiger partial charge in [0.25, 0.3) is 0 Å². The molecule has 98 valence electrons. The molecule has 5 heteroatoms. The number of carbonyl (C=O) groups is 1. The van der Waals surface area contributed by atoms with Crippen LogP contribution < -0.4 is 5.73 Å². The molecule has 1 amide bonds. The van der Waals surface area contributed by atoms with E-state index in [1.807, 2.05) is 11.8 Å². The molecule has 0 spiro atoms. The van der Waals surface area contributed by atoms with Gasteiger partial charge in [-0.1, -0.05) is 0 Å². The van der Waals surface area contributed by atoms with E-state index in [0.717, 1.165) is 39.0 Å². The highest BCUT2D eigenvalue weighted by Crippen LogP contribution is 2.13. The maximum absolute atomic E-state index is 12.3. The second kappa shape index (κ2) is 5.80. The highest BCUT2D eigenvalue weighted by Gasteiger charge is 2.29. The molecule has 1 unspecified atom stereocenters. The van der Waals surface area contributed by atoms with Crippen molar-refractivity contribution in [2.45, 2.75) is 31.8 Å². The van der Waals surface area contributed by atoms with Crippen molar-refractivity contribution in [2.75, 3.05) is 39.4 Å². The first-order valence-electron chi connectivity index (χ1n) is 6.54. The van der Waals surface area contributed by atoms with Gasteiger partial charge in [0.2, 0.25) is 5.91 Å². The number of carbonyl (C=O) groups excluding carboxylic acids is 1. The number of amides is 1. The second-order valence-corrected chi connectivity index (χ2v) is 5.01. The first-order valence-corrected chi connectivity index (χ1v) is 6.54. The highest BCUT2D eigenvalue weighted by atomic mass is 16.5. The predicted molar refractivity (Wildman–Crippen MR) is 65.6 cm³/mol. The first kappa shape index (κ1) is 12.8. The van der Waals surface area contributed by atoms with Crippen LogP contribution in [-0.4, -0.2) is 67.2 Å². The Morgan fingerprint density at radius 1 is 1.35 bits per heavy atom. The van der Waals surface area contributed by atoms with E-state index in [-0.39, 0.29) is 18.0 Å². The van der Waals surface area contributed by atoms with Crippen LogP contribution in [-0.2, 0) is 9.53 Å². The minimum Gasteiger partial charge on any atom is -0.378 e. The lowest BCUT2D eigenvalue weighted by atomic mass is 10.0. The van der Waals surface area contributed by atoms with Gasteiger partial charge in [0.15, 0.2) is 0 Å². The number of hydrogen-bond acceptors (Lipinski definition) is 4. The van der Waals surface area contributed by atoms with Crippen LogP contribution >= 0.6 is 0 Å². The van der Waals surface area contributed by atoms with Gasteiger partial charge in [-0.15, -0.1) is 0 Å². The van der Waals surface area contributed by atoms with Gasteiger partial charge in [-0.2, -0.15) is 0 Å². The topological polar surface area (TPSA) is 58.8 Å². The summed E-state index contributed by atoms with van der Waals surface area (Å²) in [7, 11) is 0. The molecule has 5 nitrogen and oxygen atoms in total. The van der Waals surface area contributed by atoms with Gasteiger partial charge in [-0.25, -0.2) is 0 Å². The quantitative estimate of drug-likeness (QED) is 0.718. The zero-order chi connectivity index (χ0) is 12.3.